The lowest BCUT2D eigenvalue weighted by atomic mass is 10.3. The highest BCUT2D eigenvalue weighted by molar-refractivity contribution is 6.33. The van der Waals surface area contributed by atoms with E-state index in [9.17, 15) is 4.39 Å². The molecular formula is C13H15ClFN3O. The van der Waals surface area contributed by atoms with E-state index >= 15 is 0 Å². The van der Waals surface area contributed by atoms with Crippen molar-refractivity contribution in [2.45, 2.75) is 13.5 Å². The third kappa shape index (κ3) is 3.45. The number of methoxy groups -OCH3 is 1. The van der Waals surface area contributed by atoms with Crippen LogP contribution in [0.1, 0.15) is 5.69 Å². The summed E-state index contributed by atoms with van der Waals surface area (Å²) in [4.78, 5) is 4.37. The molecule has 0 fully saturated rings. The summed E-state index contributed by atoms with van der Waals surface area (Å²) in [6.07, 6.45) is 1.92. The Morgan fingerprint density at radius 2 is 2.26 bits per heavy atom. The number of benzene rings is 1. The maximum Gasteiger partial charge on any atom is 0.207 e. The Bertz CT molecular complexity index is 571. The fourth-order valence-corrected chi connectivity index (χ4v) is 1.93. The largest absolute Gasteiger partial charge is 0.383 e. The van der Waals surface area contributed by atoms with Gasteiger partial charge in [-0.2, -0.15) is 0 Å². The molecule has 2 aromatic rings. The van der Waals surface area contributed by atoms with Gasteiger partial charge in [0.1, 0.15) is 5.82 Å². The van der Waals surface area contributed by atoms with Gasteiger partial charge in [-0.25, -0.2) is 9.37 Å². The van der Waals surface area contributed by atoms with Gasteiger partial charge in [0.25, 0.3) is 0 Å². The van der Waals surface area contributed by atoms with Crippen LogP contribution < -0.4 is 5.32 Å². The Kier molecular flexibility index (Phi) is 4.39. The molecule has 1 aromatic heterocycles. The van der Waals surface area contributed by atoms with Crippen molar-refractivity contribution in [1.29, 1.82) is 0 Å². The van der Waals surface area contributed by atoms with Gasteiger partial charge in [0.05, 0.1) is 23.0 Å². The average Bonchev–Trinajstić information content (AvgIpc) is 2.70. The third-order valence-electron chi connectivity index (χ3n) is 2.61. The molecule has 0 atom stereocenters. The van der Waals surface area contributed by atoms with Gasteiger partial charge in [0.15, 0.2) is 0 Å². The molecule has 1 N–H and O–H groups in total. The molecule has 2 rings (SSSR count). The maximum absolute atomic E-state index is 13.0. The maximum atomic E-state index is 13.0. The van der Waals surface area contributed by atoms with E-state index in [0.29, 0.717) is 29.8 Å². The molecule has 0 aliphatic heterocycles. The van der Waals surface area contributed by atoms with Crippen LogP contribution in [0.2, 0.25) is 5.02 Å². The van der Waals surface area contributed by atoms with Crippen molar-refractivity contribution in [3.63, 3.8) is 0 Å². The highest BCUT2D eigenvalue weighted by Gasteiger charge is 2.08. The van der Waals surface area contributed by atoms with Gasteiger partial charge >= 0.3 is 0 Å². The Balaban J connectivity index is 2.22. The number of aromatic nitrogens is 2. The van der Waals surface area contributed by atoms with Crippen LogP contribution in [-0.2, 0) is 11.3 Å². The first kappa shape index (κ1) is 13.8. The predicted molar refractivity (Wildman–Crippen MR) is 73.5 cm³/mol. The van der Waals surface area contributed by atoms with Gasteiger partial charge in [-0.3, -0.25) is 0 Å². The van der Waals surface area contributed by atoms with Crippen molar-refractivity contribution in [1.82, 2.24) is 9.55 Å². The molecule has 19 heavy (non-hydrogen) atoms. The molecule has 0 saturated carbocycles. The van der Waals surface area contributed by atoms with E-state index in [1.807, 2.05) is 17.7 Å². The van der Waals surface area contributed by atoms with Crippen LogP contribution in [0.15, 0.2) is 24.4 Å². The van der Waals surface area contributed by atoms with Crippen LogP contribution in [-0.4, -0.2) is 23.3 Å². The van der Waals surface area contributed by atoms with Crippen LogP contribution in [0.3, 0.4) is 0 Å². The Hall–Kier alpha value is -1.59. The van der Waals surface area contributed by atoms with E-state index in [-0.39, 0.29) is 5.82 Å². The smallest absolute Gasteiger partial charge is 0.207 e. The van der Waals surface area contributed by atoms with Crippen LogP contribution in [0, 0.1) is 12.7 Å². The first-order valence-electron chi connectivity index (χ1n) is 5.85. The minimum Gasteiger partial charge on any atom is -0.383 e. The monoisotopic (exact) mass is 283 g/mol. The predicted octanol–water partition coefficient (Wildman–Crippen LogP) is 3.37. The number of imidazole rings is 1. The Morgan fingerprint density at radius 1 is 1.47 bits per heavy atom. The highest BCUT2D eigenvalue weighted by Crippen LogP contribution is 2.25. The minimum atomic E-state index is -0.366. The molecule has 4 nitrogen and oxygen atoms in total. The van der Waals surface area contributed by atoms with E-state index in [1.54, 1.807) is 13.2 Å². The van der Waals surface area contributed by atoms with E-state index in [2.05, 4.69) is 10.3 Å². The number of aryl methyl sites for hydroxylation is 1. The molecule has 1 heterocycles. The van der Waals surface area contributed by atoms with Crippen molar-refractivity contribution >= 4 is 23.2 Å². The van der Waals surface area contributed by atoms with E-state index in [1.165, 1.54) is 12.1 Å². The summed E-state index contributed by atoms with van der Waals surface area (Å²) in [5.74, 6) is 0.289. The lowest BCUT2D eigenvalue weighted by Crippen LogP contribution is -2.07. The minimum absolute atomic E-state index is 0.318. The summed E-state index contributed by atoms with van der Waals surface area (Å²) >= 11 is 5.98. The zero-order chi connectivity index (χ0) is 13.8. The van der Waals surface area contributed by atoms with Crippen LogP contribution in [0.4, 0.5) is 16.0 Å². The van der Waals surface area contributed by atoms with Crippen molar-refractivity contribution in [3.05, 3.63) is 40.9 Å². The number of anilines is 2. The number of nitrogens with zero attached hydrogens (tertiary/aromatic N) is 2. The van der Waals surface area contributed by atoms with Gasteiger partial charge < -0.3 is 14.6 Å². The molecule has 0 bridgehead atoms. The molecule has 0 saturated heterocycles. The second kappa shape index (κ2) is 6.04. The van der Waals surface area contributed by atoms with Crippen LogP contribution >= 0.6 is 11.6 Å². The van der Waals surface area contributed by atoms with Crippen LogP contribution in [0.25, 0.3) is 0 Å². The number of halogens is 2. The molecule has 102 valence electrons. The molecule has 0 amide bonds. The molecule has 0 aliphatic carbocycles. The molecule has 6 heteroatoms. The summed E-state index contributed by atoms with van der Waals surface area (Å²) in [5.41, 5.74) is 1.50. The first-order chi connectivity index (χ1) is 9.10. The molecule has 0 spiro atoms. The summed E-state index contributed by atoms with van der Waals surface area (Å²) in [7, 11) is 1.65. The summed E-state index contributed by atoms with van der Waals surface area (Å²) in [6, 6.07) is 4.20. The van der Waals surface area contributed by atoms with Crippen molar-refractivity contribution in [2.24, 2.45) is 0 Å². The summed E-state index contributed by atoms with van der Waals surface area (Å²) < 4.78 is 20.0. The number of ether oxygens (including phenoxy) is 1. The van der Waals surface area contributed by atoms with E-state index in [4.69, 9.17) is 16.3 Å². The van der Waals surface area contributed by atoms with Gasteiger partial charge in [0.2, 0.25) is 5.95 Å². The lowest BCUT2D eigenvalue weighted by molar-refractivity contribution is 0.188. The lowest BCUT2D eigenvalue weighted by Gasteiger charge is -2.10. The second-order valence-electron chi connectivity index (χ2n) is 4.14. The third-order valence-corrected chi connectivity index (χ3v) is 2.92. The van der Waals surface area contributed by atoms with Gasteiger partial charge in [-0.15, -0.1) is 0 Å². The van der Waals surface area contributed by atoms with Crippen molar-refractivity contribution in [2.75, 3.05) is 19.0 Å². The number of hydrogen-bond donors (Lipinski definition) is 1. The Labute approximate surface area is 116 Å². The molecule has 1 aromatic carbocycles. The second-order valence-corrected chi connectivity index (χ2v) is 4.55. The van der Waals surface area contributed by atoms with Crippen molar-refractivity contribution < 1.29 is 9.13 Å². The van der Waals surface area contributed by atoms with E-state index in [0.717, 1.165) is 5.69 Å². The van der Waals surface area contributed by atoms with Gasteiger partial charge in [-0.1, -0.05) is 11.6 Å². The van der Waals surface area contributed by atoms with E-state index < -0.39 is 0 Å². The zero-order valence-corrected chi connectivity index (χ0v) is 11.5. The first-order valence-corrected chi connectivity index (χ1v) is 6.22. The summed E-state index contributed by atoms with van der Waals surface area (Å²) in [6.45, 7) is 3.17. The molecular weight excluding hydrogens is 269 g/mol. The fraction of sp³-hybridized carbons (Fsp3) is 0.308. The van der Waals surface area contributed by atoms with Crippen LogP contribution in [0.5, 0.6) is 0 Å². The molecule has 0 aliphatic rings. The SMILES string of the molecule is COCCn1cc(C)nc1Nc1ccc(F)cc1Cl. The summed E-state index contributed by atoms with van der Waals surface area (Å²) in [5, 5.41) is 3.41. The van der Waals surface area contributed by atoms with Gasteiger partial charge in [-0.05, 0) is 25.1 Å². The quantitative estimate of drug-likeness (QED) is 0.914. The normalized spacial score (nSPS) is 10.7. The standard InChI is InChI=1S/C13H15ClFN3O/c1-9-8-18(5-6-19-2)13(16-9)17-12-4-3-10(15)7-11(12)14/h3-4,7-8H,5-6H2,1-2H3,(H,16,17). The van der Waals surface area contributed by atoms with Gasteiger partial charge in [0, 0.05) is 19.9 Å². The number of rotatable bonds is 5. The molecule has 0 unspecified atom stereocenters. The zero-order valence-electron chi connectivity index (χ0n) is 10.8. The number of nitrogens with one attached hydrogen (secondary N) is 1. The fourth-order valence-electron chi connectivity index (χ4n) is 1.72. The molecule has 0 radical (unpaired) electrons. The average molecular weight is 284 g/mol. The van der Waals surface area contributed by atoms with Crippen molar-refractivity contribution in [3.8, 4) is 0 Å². The topological polar surface area (TPSA) is 39.1 Å². The Morgan fingerprint density at radius 3 is 2.95 bits per heavy atom. The highest BCUT2D eigenvalue weighted by atomic mass is 35.5. The number of hydrogen-bond acceptors (Lipinski definition) is 3.